The first-order chi connectivity index (χ1) is 8.69. The third-order valence-corrected chi connectivity index (χ3v) is 2.74. The molecule has 2 N–H and O–H groups in total. The van der Waals surface area contributed by atoms with Crippen LogP contribution in [-0.2, 0) is 16.1 Å². The van der Waals surface area contributed by atoms with Gasteiger partial charge in [-0.1, -0.05) is 6.07 Å². The van der Waals surface area contributed by atoms with Crippen LogP contribution in [0.25, 0.3) is 0 Å². The predicted octanol–water partition coefficient (Wildman–Crippen LogP) is 0.794. The number of aromatic nitrogens is 1. The maximum absolute atomic E-state index is 12.1. The molecule has 0 fully saturated rings. The first-order valence-corrected chi connectivity index (χ1v) is 6.09. The number of pyridine rings is 1. The van der Waals surface area contributed by atoms with E-state index in [1.165, 1.54) is 7.11 Å². The highest BCUT2D eigenvalue weighted by atomic mass is 16.5. The van der Waals surface area contributed by atoms with E-state index >= 15 is 0 Å². The zero-order valence-corrected chi connectivity index (χ0v) is 11.0. The van der Waals surface area contributed by atoms with E-state index in [-0.39, 0.29) is 5.91 Å². The monoisotopic (exact) mass is 251 g/mol. The molecule has 0 spiro atoms. The topological polar surface area (TPSA) is 68.5 Å². The second-order valence-corrected chi connectivity index (χ2v) is 4.14. The summed E-state index contributed by atoms with van der Waals surface area (Å²) in [6.45, 7) is 3.50. The summed E-state index contributed by atoms with van der Waals surface area (Å²) in [5.41, 5.74) is 6.50. The number of nitrogens with zero attached hydrogens (tertiary/aromatic N) is 2. The van der Waals surface area contributed by atoms with Crippen LogP contribution in [0.4, 0.5) is 0 Å². The van der Waals surface area contributed by atoms with Crippen LogP contribution in [0.5, 0.6) is 0 Å². The van der Waals surface area contributed by atoms with Crippen LogP contribution in [0.3, 0.4) is 0 Å². The molecule has 0 aliphatic heterocycles. The van der Waals surface area contributed by atoms with Crippen molar-refractivity contribution in [2.24, 2.45) is 5.73 Å². The Morgan fingerprint density at radius 1 is 1.61 bits per heavy atom. The number of methoxy groups -OCH3 is 1. The van der Waals surface area contributed by atoms with E-state index in [0.29, 0.717) is 19.6 Å². The highest BCUT2D eigenvalue weighted by Gasteiger charge is 2.19. The van der Waals surface area contributed by atoms with Crippen molar-refractivity contribution in [3.63, 3.8) is 0 Å². The van der Waals surface area contributed by atoms with Crippen LogP contribution in [0.1, 0.15) is 18.9 Å². The Bertz CT molecular complexity index is 357. The van der Waals surface area contributed by atoms with Crippen molar-refractivity contribution >= 4 is 5.91 Å². The maximum Gasteiger partial charge on any atom is 0.251 e. The third-order valence-electron chi connectivity index (χ3n) is 2.74. The standard InChI is InChI=1S/C13H21N3O2/c1-11(18-2)13(17)16(8-4-6-14)10-12-5-3-7-15-9-12/h3,5,7,9,11H,4,6,8,10,14H2,1-2H3. The van der Waals surface area contributed by atoms with E-state index in [4.69, 9.17) is 10.5 Å². The summed E-state index contributed by atoms with van der Waals surface area (Å²) >= 11 is 0. The van der Waals surface area contributed by atoms with E-state index in [2.05, 4.69) is 4.98 Å². The molecule has 0 aliphatic rings. The molecular formula is C13H21N3O2. The molecule has 1 aromatic rings. The molecule has 0 aliphatic carbocycles. The summed E-state index contributed by atoms with van der Waals surface area (Å²) in [5, 5.41) is 0. The second-order valence-electron chi connectivity index (χ2n) is 4.14. The van der Waals surface area contributed by atoms with Crippen LogP contribution in [-0.4, -0.2) is 42.1 Å². The Hall–Kier alpha value is -1.46. The van der Waals surface area contributed by atoms with Crippen LogP contribution in [0.15, 0.2) is 24.5 Å². The van der Waals surface area contributed by atoms with Gasteiger partial charge in [-0.3, -0.25) is 9.78 Å². The van der Waals surface area contributed by atoms with E-state index in [0.717, 1.165) is 12.0 Å². The maximum atomic E-state index is 12.1. The van der Waals surface area contributed by atoms with Crippen molar-refractivity contribution in [1.29, 1.82) is 0 Å². The van der Waals surface area contributed by atoms with Gasteiger partial charge in [-0.25, -0.2) is 0 Å². The number of rotatable bonds is 7. The quantitative estimate of drug-likeness (QED) is 0.778. The number of hydrogen-bond donors (Lipinski definition) is 1. The normalized spacial score (nSPS) is 12.2. The van der Waals surface area contributed by atoms with Gasteiger partial charge in [0.15, 0.2) is 0 Å². The summed E-state index contributed by atoms with van der Waals surface area (Å²) in [5.74, 6) is -0.0187. The van der Waals surface area contributed by atoms with Gasteiger partial charge in [0.2, 0.25) is 0 Å². The smallest absolute Gasteiger partial charge is 0.251 e. The van der Waals surface area contributed by atoms with Crippen molar-refractivity contribution in [3.05, 3.63) is 30.1 Å². The van der Waals surface area contributed by atoms with Crippen molar-refractivity contribution < 1.29 is 9.53 Å². The second kappa shape index (κ2) is 7.79. The van der Waals surface area contributed by atoms with Crippen LogP contribution in [0.2, 0.25) is 0 Å². The van der Waals surface area contributed by atoms with Crippen molar-refractivity contribution in [2.45, 2.75) is 26.0 Å². The van der Waals surface area contributed by atoms with E-state index in [1.807, 2.05) is 12.1 Å². The molecule has 1 aromatic heterocycles. The average Bonchev–Trinajstić information content (AvgIpc) is 2.42. The Labute approximate surface area is 108 Å². The summed E-state index contributed by atoms with van der Waals surface area (Å²) in [6, 6.07) is 3.81. The van der Waals surface area contributed by atoms with Gasteiger partial charge in [0.05, 0.1) is 0 Å². The van der Waals surface area contributed by atoms with Gasteiger partial charge < -0.3 is 15.4 Å². The van der Waals surface area contributed by atoms with Gasteiger partial charge in [0.25, 0.3) is 5.91 Å². The fraction of sp³-hybridized carbons (Fsp3) is 0.538. The van der Waals surface area contributed by atoms with Crippen molar-refractivity contribution in [2.75, 3.05) is 20.2 Å². The molecule has 0 radical (unpaired) electrons. The first-order valence-electron chi connectivity index (χ1n) is 6.09. The molecule has 0 saturated carbocycles. The number of amides is 1. The van der Waals surface area contributed by atoms with Crippen LogP contribution >= 0.6 is 0 Å². The first kappa shape index (κ1) is 14.6. The molecule has 0 aromatic carbocycles. The molecule has 0 saturated heterocycles. The third kappa shape index (κ3) is 4.43. The van der Waals surface area contributed by atoms with E-state index in [1.54, 1.807) is 24.2 Å². The molecule has 5 nitrogen and oxygen atoms in total. The summed E-state index contributed by atoms with van der Waals surface area (Å²) in [4.78, 5) is 17.9. The molecule has 1 heterocycles. The van der Waals surface area contributed by atoms with Gasteiger partial charge in [-0.15, -0.1) is 0 Å². The van der Waals surface area contributed by atoms with E-state index in [9.17, 15) is 4.79 Å². The van der Waals surface area contributed by atoms with Gasteiger partial charge in [0.1, 0.15) is 6.10 Å². The zero-order chi connectivity index (χ0) is 13.4. The summed E-state index contributed by atoms with van der Waals surface area (Å²) in [7, 11) is 1.54. The molecule has 18 heavy (non-hydrogen) atoms. The molecule has 1 rings (SSSR count). The Morgan fingerprint density at radius 3 is 2.94 bits per heavy atom. The number of carbonyl (C=O) groups is 1. The lowest BCUT2D eigenvalue weighted by Gasteiger charge is -2.25. The molecule has 1 atom stereocenters. The van der Waals surface area contributed by atoms with Gasteiger partial charge >= 0.3 is 0 Å². The Kier molecular flexibility index (Phi) is 6.32. The van der Waals surface area contributed by atoms with Crippen LogP contribution in [0, 0.1) is 0 Å². The molecule has 1 unspecified atom stereocenters. The molecule has 100 valence electrons. The molecule has 5 heteroatoms. The largest absolute Gasteiger partial charge is 0.372 e. The van der Waals surface area contributed by atoms with Crippen molar-refractivity contribution in [3.8, 4) is 0 Å². The lowest BCUT2D eigenvalue weighted by Crippen LogP contribution is -2.39. The lowest BCUT2D eigenvalue weighted by atomic mass is 10.2. The Morgan fingerprint density at radius 2 is 2.39 bits per heavy atom. The Balaban J connectivity index is 2.69. The fourth-order valence-electron chi connectivity index (χ4n) is 1.62. The summed E-state index contributed by atoms with van der Waals surface area (Å²) in [6.07, 6.45) is 3.83. The molecule has 1 amide bonds. The van der Waals surface area contributed by atoms with Gasteiger partial charge in [-0.2, -0.15) is 0 Å². The fourth-order valence-corrected chi connectivity index (χ4v) is 1.62. The molecular weight excluding hydrogens is 230 g/mol. The highest BCUT2D eigenvalue weighted by molar-refractivity contribution is 5.80. The molecule has 0 bridgehead atoms. The SMILES string of the molecule is COC(C)C(=O)N(CCCN)Cc1cccnc1. The van der Waals surface area contributed by atoms with Crippen LogP contribution < -0.4 is 5.73 Å². The van der Waals surface area contributed by atoms with E-state index < -0.39 is 6.10 Å². The lowest BCUT2D eigenvalue weighted by molar-refractivity contribution is -0.141. The average molecular weight is 251 g/mol. The predicted molar refractivity (Wildman–Crippen MR) is 69.8 cm³/mol. The van der Waals surface area contributed by atoms with Gasteiger partial charge in [-0.05, 0) is 31.5 Å². The number of hydrogen-bond acceptors (Lipinski definition) is 4. The highest BCUT2D eigenvalue weighted by Crippen LogP contribution is 2.07. The number of ether oxygens (including phenoxy) is 1. The van der Waals surface area contributed by atoms with Gasteiger partial charge in [0, 0.05) is 32.6 Å². The minimum atomic E-state index is -0.431. The van der Waals surface area contributed by atoms with Crippen molar-refractivity contribution in [1.82, 2.24) is 9.88 Å². The number of nitrogens with two attached hydrogens (primary N) is 1. The zero-order valence-electron chi connectivity index (χ0n) is 11.0. The minimum Gasteiger partial charge on any atom is -0.372 e. The summed E-state index contributed by atoms with van der Waals surface area (Å²) < 4.78 is 5.07. The minimum absolute atomic E-state index is 0.0187. The number of carbonyl (C=O) groups excluding carboxylic acids is 1.